The molecule has 1 aromatic heterocycles. The molecule has 0 aliphatic heterocycles. The van der Waals surface area contributed by atoms with Crippen LogP contribution in [0.25, 0.3) is 11.4 Å². The number of nitrogens with zero attached hydrogens (tertiary/aromatic N) is 3. The van der Waals surface area contributed by atoms with E-state index in [1.165, 1.54) is 0 Å². The van der Waals surface area contributed by atoms with Crippen molar-refractivity contribution >= 4 is 0 Å². The zero-order valence-corrected chi connectivity index (χ0v) is 9.88. The summed E-state index contributed by atoms with van der Waals surface area (Å²) in [6.45, 7) is 4.21. The Morgan fingerprint density at radius 3 is 2.47 bits per heavy atom. The van der Waals surface area contributed by atoms with E-state index < -0.39 is 0 Å². The predicted octanol–water partition coefficient (Wildman–Crippen LogP) is 3.14. The zero-order chi connectivity index (χ0) is 12.3. The van der Waals surface area contributed by atoms with Gasteiger partial charge in [0, 0.05) is 18.0 Å². The molecule has 17 heavy (non-hydrogen) atoms. The van der Waals surface area contributed by atoms with Crippen molar-refractivity contribution in [3.05, 3.63) is 47.8 Å². The Hall–Kier alpha value is -2.21. The average Bonchev–Trinajstić information content (AvgIpc) is 2.39. The minimum absolute atomic E-state index is 0.410. The van der Waals surface area contributed by atoms with Crippen molar-refractivity contribution in [2.75, 3.05) is 0 Å². The van der Waals surface area contributed by atoms with E-state index >= 15 is 0 Å². The van der Waals surface area contributed by atoms with Crippen LogP contribution in [0, 0.1) is 11.3 Å². The number of hydrogen-bond acceptors (Lipinski definition) is 3. The Kier molecular flexibility index (Phi) is 3.15. The Bertz CT molecular complexity index is 553. The highest BCUT2D eigenvalue weighted by molar-refractivity contribution is 5.65. The summed E-state index contributed by atoms with van der Waals surface area (Å²) in [6, 6.07) is 9.83. The largest absolute Gasteiger partial charge is 0.237 e. The molecule has 0 spiro atoms. The molecule has 3 heteroatoms. The minimum Gasteiger partial charge on any atom is -0.237 e. The smallest absolute Gasteiger partial charge is 0.160 e. The molecule has 84 valence electrons. The van der Waals surface area contributed by atoms with Crippen LogP contribution in [0.3, 0.4) is 0 Å². The third kappa shape index (κ3) is 2.31. The molecule has 0 radical (unpaired) electrons. The van der Waals surface area contributed by atoms with Gasteiger partial charge in [0.05, 0.1) is 11.6 Å². The molecule has 0 bridgehead atoms. The first kappa shape index (κ1) is 11.3. The van der Waals surface area contributed by atoms with E-state index in [1.54, 1.807) is 18.5 Å². The van der Waals surface area contributed by atoms with Gasteiger partial charge in [-0.05, 0) is 29.7 Å². The Balaban J connectivity index is 2.54. The first-order valence-electron chi connectivity index (χ1n) is 5.54. The van der Waals surface area contributed by atoms with Crippen LogP contribution in [0.1, 0.15) is 30.9 Å². The fourth-order valence-electron chi connectivity index (χ4n) is 1.65. The maximum atomic E-state index is 9.18. The number of rotatable bonds is 2. The summed E-state index contributed by atoms with van der Waals surface area (Å²) in [7, 11) is 0. The highest BCUT2D eigenvalue weighted by atomic mass is 14.8. The molecule has 1 heterocycles. The van der Waals surface area contributed by atoms with Gasteiger partial charge in [0.25, 0.3) is 0 Å². The van der Waals surface area contributed by atoms with Crippen molar-refractivity contribution < 1.29 is 0 Å². The van der Waals surface area contributed by atoms with E-state index in [2.05, 4.69) is 29.9 Å². The maximum absolute atomic E-state index is 9.18. The molecule has 0 amide bonds. The zero-order valence-electron chi connectivity index (χ0n) is 9.88. The molecular formula is C14H13N3. The lowest BCUT2D eigenvalue weighted by atomic mass is 9.97. The van der Waals surface area contributed by atoms with Crippen LogP contribution in [0.5, 0.6) is 0 Å². The second-order valence-corrected chi connectivity index (χ2v) is 4.14. The summed E-state index contributed by atoms with van der Waals surface area (Å²) in [6.07, 6.45) is 3.36. The maximum Gasteiger partial charge on any atom is 0.160 e. The van der Waals surface area contributed by atoms with Crippen LogP contribution < -0.4 is 0 Å². The van der Waals surface area contributed by atoms with E-state index in [0.717, 1.165) is 11.1 Å². The van der Waals surface area contributed by atoms with Crippen molar-refractivity contribution in [2.45, 2.75) is 19.8 Å². The van der Waals surface area contributed by atoms with E-state index in [-0.39, 0.29) is 0 Å². The second kappa shape index (κ2) is 4.75. The van der Waals surface area contributed by atoms with Gasteiger partial charge in [0.1, 0.15) is 0 Å². The van der Waals surface area contributed by atoms with Crippen molar-refractivity contribution in [1.29, 1.82) is 5.26 Å². The monoisotopic (exact) mass is 223 g/mol. The van der Waals surface area contributed by atoms with Gasteiger partial charge >= 0.3 is 0 Å². The van der Waals surface area contributed by atoms with Gasteiger partial charge in [-0.1, -0.05) is 19.9 Å². The number of aromatic nitrogens is 2. The number of nitriles is 1. The fourth-order valence-corrected chi connectivity index (χ4v) is 1.65. The van der Waals surface area contributed by atoms with Gasteiger partial charge in [-0.2, -0.15) is 5.26 Å². The van der Waals surface area contributed by atoms with Crippen molar-refractivity contribution in [3.8, 4) is 17.5 Å². The van der Waals surface area contributed by atoms with Crippen LogP contribution in [-0.4, -0.2) is 9.97 Å². The Morgan fingerprint density at radius 1 is 1.18 bits per heavy atom. The molecule has 0 atom stereocenters. The van der Waals surface area contributed by atoms with Gasteiger partial charge in [0.2, 0.25) is 0 Å². The summed E-state index contributed by atoms with van der Waals surface area (Å²) >= 11 is 0. The molecular weight excluding hydrogens is 210 g/mol. The SMILES string of the molecule is CC(C)c1ccc(-c2ncccn2)c(C#N)c1. The normalized spacial score (nSPS) is 10.2. The fraction of sp³-hybridized carbons (Fsp3) is 0.214. The third-order valence-electron chi connectivity index (χ3n) is 2.64. The van der Waals surface area contributed by atoms with Crippen molar-refractivity contribution in [1.82, 2.24) is 9.97 Å². The van der Waals surface area contributed by atoms with Gasteiger partial charge < -0.3 is 0 Å². The van der Waals surface area contributed by atoms with Crippen molar-refractivity contribution in [2.24, 2.45) is 0 Å². The minimum atomic E-state index is 0.410. The van der Waals surface area contributed by atoms with Crippen LogP contribution in [0.2, 0.25) is 0 Å². The first-order valence-corrected chi connectivity index (χ1v) is 5.54. The van der Waals surface area contributed by atoms with Crippen LogP contribution >= 0.6 is 0 Å². The topological polar surface area (TPSA) is 49.6 Å². The molecule has 0 aliphatic carbocycles. The van der Waals surface area contributed by atoms with Crippen LogP contribution in [-0.2, 0) is 0 Å². The lowest BCUT2D eigenvalue weighted by molar-refractivity contribution is 0.866. The molecule has 3 nitrogen and oxygen atoms in total. The second-order valence-electron chi connectivity index (χ2n) is 4.14. The number of hydrogen-bond donors (Lipinski definition) is 0. The van der Waals surface area contributed by atoms with Crippen molar-refractivity contribution in [3.63, 3.8) is 0 Å². The van der Waals surface area contributed by atoms with Crippen LogP contribution in [0.15, 0.2) is 36.7 Å². The lowest BCUT2D eigenvalue weighted by Gasteiger charge is -2.08. The highest BCUT2D eigenvalue weighted by Crippen LogP contribution is 2.24. The van der Waals surface area contributed by atoms with Gasteiger partial charge in [0.15, 0.2) is 5.82 Å². The van der Waals surface area contributed by atoms with E-state index in [9.17, 15) is 5.26 Å². The molecule has 2 rings (SSSR count). The third-order valence-corrected chi connectivity index (χ3v) is 2.64. The predicted molar refractivity (Wildman–Crippen MR) is 66.3 cm³/mol. The molecule has 2 aromatic rings. The molecule has 0 saturated carbocycles. The Labute approximate surface area is 101 Å². The molecule has 0 aliphatic rings. The molecule has 0 fully saturated rings. The summed E-state index contributed by atoms with van der Waals surface area (Å²) in [4.78, 5) is 8.34. The highest BCUT2D eigenvalue weighted by Gasteiger charge is 2.09. The van der Waals surface area contributed by atoms with Gasteiger partial charge in [-0.3, -0.25) is 0 Å². The average molecular weight is 223 g/mol. The van der Waals surface area contributed by atoms with E-state index in [0.29, 0.717) is 17.3 Å². The van der Waals surface area contributed by atoms with Gasteiger partial charge in [-0.15, -0.1) is 0 Å². The molecule has 0 saturated heterocycles. The van der Waals surface area contributed by atoms with Gasteiger partial charge in [-0.25, -0.2) is 9.97 Å². The lowest BCUT2D eigenvalue weighted by Crippen LogP contribution is -1.94. The van der Waals surface area contributed by atoms with E-state index in [1.807, 2.05) is 18.2 Å². The Morgan fingerprint density at radius 2 is 1.88 bits per heavy atom. The molecule has 0 unspecified atom stereocenters. The summed E-state index contributed by atoms with van der Waals surface area (Å²) in [5.74, 6) is 1.01. The van der Waals surface area contributed by atoms with E-state index in [4.69, 9.17) is 0 Å². The first-order chi connectivity index (χ1) is 8.22. The molecule has 1 aromatic carbocycles. The quantitative estimate of drug-likeness (QED) is 0.785. The summed E-state index contributed by atoms with van der Waals surface area (Å²) in [5.41, 5.74) is 2.57. The number of benzene rings is 1. The molecule has 0 N–H and O–H groups in total. The summed E-state index contributed by atoms with van der Waals surface area (Å²) in [5, 5.41) is 9.18. The van der Waals surface area contributed by atoms with Crippen LogP contribution in [0.4, 0.5) is 0 Å². The summed E-state index contributed by atoms with van der Waals surface area (Å²) < 4.78 is 0. The standard InChI is InChI=1S/C14H13N3/c1-10(2)11-4-5-13(12(8-11)9-15)14-16-6-3-7-17-14/h3-8,10H,1-2H3.